The van der Waals surface area contributed by atoms with Gasteiger partial charge in [0.05, 0.1) is 0 Å². The fraction of sp³-hybridized carbons (Fsp3) is 0.471. The molecule has 0 radical (unpaired) electrons. The number of rotatable bonds is 5. The second-order valence-corrected chi connectivity index (χ2v) is 5.65. The lowest BCUT2D eigenvalue weighted by atomic mass is 9.99. The first-order valence-electron chi connectivity index (χ1n) is 7.16. The predicted molar refractivity (Wildman–Crippen MR) is 80.7 cm³/mol. The summed E-state index contributed by atoms with van der Waals surface area (Å²) in [5.74, 6) is 0.742. The van der Waals surface area contributed by atoms with Gasteiger partial charge in [-0.3, -0.25) is 4.79 Å². The molecule has 1 heterocycles. The van der Waals surface area contributed by atoms with Gasteiger partial charge in [-0.2, -0.15) is 0 Å². The highest BCUT2D eigenvalue weighted by atomic mass is 16.1. The highest BCUT2D eigenvalue weighted by molar-refractivity contribution is 5.98. The van der Waals surface area contributed by atoms with Gasteiger partial charge in [0.15, 0.2) is 5.78 Å². The van der Waals surface area contributed by atoms with E-state index >= 15 is 0 Å². The van der Waals surface area contributed by atoms with Gasteiger partial charge in [-0.15, -0.1) is 0 Å². The molecule has 0 N–H and O–H groups in total. The first kappa shape index (κ1) is 13.9. The first-order valence-corrected chi connectivity index (χ1v) is 7.16. The Kier molecular flexibility index (Phi) is 4.08. The second-order valence-electron chi connectivity index (χ2n) is 5.65. The summed E-state index contributed by atoms with van der Waals surface area (Å²) >= 11 is 0. The van der Waals surface area contributed by atoms with Gasteiger partial charge < -0.3 is 4.57 Å². The quantitative estimate of drug-likeness (QED) is 0.702. The summed E-state index contributed by atoms with van der Waals surface area (Å²) in [4.78, 5) is 11.4. The zero-order valence-corrected chi connectivity index (χ0v) is 12.3. The lowest BCUT2D eigenvalue weighted by Crippen LogP contribution is -2.14. The third-order valence-corrected chi connectivity index (χ3v) is 3.84. The Labute approximate surface area is 115 Å². The Balaban J connectivity index is 2.47. The molecule has 19 heavy (non-hydrogen) atoms. The minimum atomic E-state index is 0.128. The van der Waals surface area contributed by atoms with Crippen LogP contribution in [0.1, 0.15) is 56.9 Å². The van der Waals surface area contributed by atoms with Crippen LogP contribution in [0, 0.1) is 5.92 Å². The maximum atomic E-state index is 11.4. The zero-order valence-electron chi connectivity index (χ0n) is 12.3. The molecule has 0 aliphatic heterocycles. The van der Waals surface area contributed by atoms with Gasteiger partial charge in [0.2, 0.25) is 0 Å². The molecule has 0 aliphatic rings. The molecule has 0 saturated carbocycles. The van der Waals surface area contributed by atoms with Gasteiger partial charge >= 0.3 is 0 Å². The fourth-order valence-electron chi connectivity index (χ4n) is 2.76. The summed E-state index contributed by atoms with van der Waals surface area (Å²) in [7, 11) is 0. The Morgan fingerprint density at radius 3 is 2.58 bits per heavy atom. The first-order chi connectivity index (χ1) is 9.04. The normalized spacial score (nSPS) is 13.1. The minimum absolute atomic E-state index is 0.128. The van der Waals surface area contributed by atoms with Gasteiger partial charge in [-0.1, -0.05) is 27.2 Å². The monoisotopic (exact) mass is 257 g/mol. The van der Waals surface area contributed by atoms with Crippen molar-refractivity contribution in [3.63, 3.8) is 0 Å². The number of benzene rings is 1. The maximum absolute atomic E-state index is 11.4. The van der Waals surface area contributed by atoms with E-state index in [4.69, 9.17) is 0 Å². The predicted octanol–water partition coefficient (Wildman–Crippen LogP) is 4.84. The number of hydrogen-bond acceptors (Lipinski definition) is 1. The Morgan fingerprint density at radius 2 is 2.00 bits per heavy atom. The smallest absolute Gasteiger partial charge is 0.159 e. The molecule has 1 aromatic carbocycles. The molecular formula is C17H23NO. The minimum Gasteiger partial charge on any atom is -0.344 e. The number of carbonyl (C=O) groups excluding carboxylic acids is 1. The largest absolute Gasteiger partial charge is 0.344 e. The Morgan fingerprint density at radius 1 is 1.26 bits per heavy atom. The van der Waals surface area contributed by atoms with Crippen LogP contribution in [0.15, 0.2) is 30.5 Å². The van der Waals surface area contributed by atoms with Gasteiger partial charge in [0.1, 0.15) is 0 Å². The van der Waals surface area contributed by atoms with Gasteiger partial charge in [-0.05, 0) is 43.5 Å². The summed E-state index contributed by atoms with van der Waals surface area (Å²) in [6, 6.07) is 8.66. The van der Waals surface area contributed by atoms with E-state index in [-0.39, 0.29) is 5.78 Å². The van der Waals surface area contributed by atoms with E-state index in [1.165, 1.54) is 18.4 Å². The van der Waals surface area contributed by atoms with Crippen molar-refractivity contribution < 1.29 is 4.79 Å². The highest BCUT2D eigenvalue weighted by Gasteiger charge is 2.16. The van der Waals surface area contributed by atoms with Crippen LogP contribution in [0.2, 0.25) is 0 Å². The van der Waals surface area contributed by atoms with Crippen molar-refractivity contribution in [2.24, 2.45) is 5.92 Å². The van der Waals surface area contributed by atoms with Crippen molar-refractivity contribution in [2.75, 3.05) is 0 Å². The number of ketones is 1. The van der Waals surface area contributed by atoms with Crippen LogP contribution in [0.5, 0.6) is 0 Å². The van der Waals surface area contributed by atoms with Crippen LogP contribution < -0.4 is 0 Å². The molecule has 0 aliphatic carbocycles. The molecule has 0 fully saturated rings. The van der Waals surface area contributed by atoms with E-state index in [0.717, 1.165) is 10.9 Å². The van der Waals surface area contributed by atoms with Crippen molar-refractivity contribution in [3.05, 3.63) is 36.0 Å². The van der Waals surface area contributed by atoms with E-state index in [9.17, 15) is 4.79 Å². The Hall–Kier alpha value is -1.57. The molecule has 102 valence electrons. The van der Waals surface area contributed by atoms with Crippen molar-refractivity contribution in [3.8, 4) is 0 Å². The molecule has 0 spiro atoms. The number of carbonyl (C=O) groups is 1. The number of aromatic nitrogens is 1. The van der Waals surface area contributed by atoms with Crippen molar-refractivity contribution in [1.29, 1.82) is 0 Å². The summed E-state index contributed by atoms with van der Waals surface area (Å²) in [5.41, 5.74) is 2.03. The average molecular weight is 257 g/mol. The van der Waals surface area contributed by atoms with Crippen LogP contribution in [0.4, 0.5) is 0 Å². The van der Waals surface area contributed by atoms with Gasteiger partial charge in [-0.25, -0.2) is 0 Å². The standard InChI is InChI=1S/C17H23NO/c1-5-6-16(12(2)3)18-10-9-15-11-14(13(4)19)7-8-17(15)18/h7-12,16H,5-6H2,1-4H3. The number of fused-ring (bicyclic) bond motifs is 1. The van der Waals surface area contributed by atoms with Gasteiger partial charge in [0, 0.05) is 28.7 Å². The molecule has 0 amide bonds. The molecule has 2 rings (SSSR count). The lowest BCUT2D eigenvalue weighted by Gasteiger charge is -2.23. The second kappa shape index (κ2) is 5.60. The molecule has 1 atom stereocenters. The summed E-state index contributed by atoms with van der Waals surface area (Å²) in [6.07, 6.45) is 4.54. The fourth-order valence-corrected chi connectivity index (χ4v) is 2.76. The summed E-state index contributed by atoms with van der Waals surface area (Å²) in [5, 5.41) is 1.16. The Bertz CT molecular complexity index is 580. The SMILES string of the molecule is CCCC(C(C)C)n1ccc2cc(C(C)=O)ccc21. The molecule has 1 aromatic heterocycles. The zero-order chi connectivity index (χ0) is 14.0. The molecule has 2 heteroatoms. The van der Waals surface area contributed by atoms with E-state index in [1.807, 2.05) is 12.1 Å². The third kappa shape index (κ3) is 2.73. The number of Topliss-reactive ketones (excluding diaryl/α,β-unsaturated/α-hetero) is 1. The van der Waals surface area contributed by atoms with Crippen LogP contribution in [0.25, 0.3) is 10.9 Å². The van der Waals surface area contributed by atoms with E-state index < -0.39 is 0 Å². The van der Waals surface area contributed by atoms with Gasteiger partial charge in [0.25, 0.3) is 0 Å². The third-order valence-electron chi connectivity index (χ3n) is 3.84. The van der Waals surface area contributed by atoms with Crippen molar-refractivity contribution in [2.45, 2.75) is 46.6 Å². The molecule has 2 nitrogen and oxygen atoms in total. The van der Waals surface area contributed by atoms with Crippen molar-refractivity contribution in [1.82, 2.24) is 4.57 Å². The average Bonchev–Trinajstić information content (AvgIpc) is 2.78. The van der Waals surface area contributed by atoms with E-state index in [2.05, 4.69) is 43.7 Å². The molecule has 1 unspecified atom stereocenters. The molecule has 2 aromatic rings. The maximum Gasteiger partial charge on any atom is 0.159 e. The summed E-state index contributed by atoms with van der Waals surface area (Å²) in [6.45, 7) is 8.40. The van der Waals surface area contributed by atoms with E-state index in [0.29, 0.717) is 12.0 Å². The van der Waals surface area contributed by atoms with Crippen molar-refractivity contribution >= 4 is 16.7 Å². The highest BCUT2D eigenvalue weighted by Crippen LogP contribution is 2.29. The summed E-state index contributed by atoms with van der Waals surface area (Å²) < 4.78 is 2.37. The van der Waals surface area contributed by atoms with Crippen LogP contribution in [-0.2, 0) is 0 Å². The van der Waals surface area contributed by atoms with Crippen LogP contribution in [-0.4, -0.2) is 10.4 Å². The topological polar surface area (TPSA) is 22.0 Å². The lowest BCUT2D eigenvalue weighted by molar-refractivity contribution is 0.101. The molecule has 0 bridgehead atoms. The number of nitrogens with zero attached hydrogens (tertiary/aromatic N) is 1. The van der Waals surface area contributed by atoms with Crippen LogP contribution in [0.3, 0.4) is 0 Å². The number of hydrogen-bond donors (Lipinski definition) is 0. The molecular weight excluding hydrogens is 234 g/mol. The van der Waals surface area contributed by atoms with Crippen LogP contribution >= 0.6 is 0 Å². The van der Waals surface area contributed by atoms with E-state index in [1.54, 1.807) is 6.92 Å². The molecule has 0 saturated heterocycles.